The van der Waals surface area contributed by atoms with Crippen molar-refractivity contribution in [3.8, 4) is 0 Å². The van der Waals surface area contributed by atoms with Crippen LogP contribution >= 0.6 is 0 Å². The summed E-state index contributed by atoms with van der Waals surface area (Å²) in [6.45, 7) is 10.6. The molecule has 2 heterocycles. The fourth-order valence-corrected chi connectivity index (χ4v) is 5.64. The predicted octanol–water partition coefficient (Wildman–Crippen LogP) is 3.57. The van der Waals surface area contributed by atoms with Gasteiger partial charge in [0, 0.05) is 19.4 Å². The van der Waals surface area contributed by atoms with Crippen LogP contribution in [0.2, 0.25) is 0 Å². The Labute approximate surface area is 226 Å². The van der Waals surface area contributed by atoms with Crippen molar-refractivity contribution in [1.82, 2.24) is 10.2 Å². The molecule has 9 heteroatoms. The van der Waals surface area contributed by atoms with E-state index in [-0.39, 0.29) is 48.4 Å². The maximum Gasteiger partial charge on any atom is 0.311 e. The summed E-state index contributed by atoms with van der Waals surface area (Å²) in [7, 11) is 1.69. The van der Waals surface area contributed by atoms with Crippen LogP contribution in [0.3, 0.4) is 0 Å². The smallest absolute Gasteiger partial charge is 0.311 e. The molecule has 4 rings (SSSR count). The number of hydrogen-bond acceptors (Lipinski definition) is 7. The molecule has 0 saturated carbocycles. The van der Waals surface area contributed by atoms with Crippen molar-refractivity contribution in [2.75, 3.05) is 13.6 Å². The normalized spacial score (nSPS) is 32.9. The van der Waals surface area contributed by atoms with Crippen LogP contribution in [0, 0.1) is 34.5 Å². The first-order valence-corrected chi connectivity index (χ1v) is 13.9. The van der Waals surface area contributed by atoms with Gasteiger partial charge in [-0.1, -0.05) is 39.0 Å². The van der Waals surface area contributed by atoms with Crippen LogP contribution in [0.25, 0.3) is 0 Å². The summed E-state index contributed by atoms with van der Waals surface area (Å²) in [5.74, 6) is 0.866. The van der Waals surface area contributed by atoms with E-state index in [2.05, 4.69) is 37.4 Å². The van der Waals surface area contributed by atoms with Gasteiger partial charge in [0.05, 0.1) is 24.5 Å². The van der Waals surface area contributed by atoms with Gasteiger partial charge >= 0.3 is 11.9 Å². The van der Waals surface area contributed by atoms with Crippen LogP contribution in [0.4, 0.5) is 0 Å². The van der Waals surface area contributed by atoms with Gasteiger partial charge in [-0.05, 0) is 62.9 Å². The molecule has 0 bridgehead atoms. The van der Waals surface area contributed by atoms with Gasteiger partial charge in [-0.25, -0.2) is 0 Å². The predicted molar refractivity (Wildman–Crippen MR) is 144 cm³/mol. The monoisotopic (exact) mass is 531 g/mol. The molecule has 0 spiro atoms. The van der Waals surface area contributed by atoms with Gasteiger partial charge < -0.3 is 19.5 Å². The summed E-state index contributed by atoms with van der Waals surface area (Å²) in [5, 5.41) is 19.2. The summed E-state index contributed by atoms with van der Waals surface area (Å²) in [6.07, 6.45) is 9.61. The third-order valence-electron chi connectivity index (χ3n) is 8.37. The Balaban J connectivity index is 0.000000427. The van der Waals surface area contributed by atoms with E-state index in [4.69, 9.17) is 14.9 Å². The summed E-state index contributed by atoms with van der Waals surface area (Å²) in [4.78, 5) is 36.5. The number of fused-ring (bicyclic) bond motifs is 1. The van der Waals surface area contributed by atoms with E-state index in [9.17, 15) is 19.5 Å². The first-order valence-electron chi connectivity index (χ1n) is 13.9. The van der Waals surface area contributed by atoms with Crippen LogP contribution in [-0.2, 0) is 23.9 Å². The molecule has 2 aliphatic heterocycles. The minimum atomic E-state index is -0.601. The van der Waals surface area contributed by atoms with Crippen LogP contribution < -0.4 is 5.32 Å². The van der Waals surface area contributed by atoms with Gasteiger partial charge in [0.2, 0.25) is 5.91 Å². The van der Waals surface area contributed by atoms with Gasteiger partial charge in [0.15, 0.2) is 5.96 Å². The number of nitrogens with one attached hydrogen (secondary N) is 2. The lowest BCUT2D eigenvalue weighted by Crippen LogP contribution is -2.43. The van der Waals surface area contributed by atoms with Crippen LogP contribution in [0.15, 0.2) is 23.8 Å². The van der Waals surface area contributed by atoms with Crippen molar-refractivity contribution in [2.24, 2.45) is 29.1 Å². The standard InChI is InChI=1S/C25H38O5.C4H7N3O/c1-6-25(4,5)24(28)30-21-12-15(2)11-17-8-7-16(3)20(23(17)21)10-9-19-13-18(26)14-22(27)29-19;1-7-2-3(8)6-4(7)5/h7-8,11,15-16,18-21,23,26H,6,9-10,12-14H2,1-5H3;2H2,1H3,(H2,5,6,8)/t15-,16-,18+,19+,20-,21-,23-;/m0./s1. The highest BCUT2D eigenvalue weighted by Crippen LogP contribution is 2.45. The molecule has 2 saturated heterocycles. The number of ether oxygens (including phenoxy) is 2. The molecule has 0 aromatic rings. The van der Waals surface area contributed by atoms with Crippen molar-refractivity contribution < 1.29 is 29.0 Å². The summed E-state index contributed by atoms with van der Waals surface area (Å²) < 4.78 is 11.6. The number of allylic oxidation sites excluding steroid dienone is 3. The van der Waals surface area contributed by atoms with Gasteiger partial charge in [-0.2, -0.15) is 0 Å². The maximum atomic E-state index is 12.9. The molecule has 0 unspecified atom stereocenters. The van der Waals surface area contributed by atoms with E-state index in [1.165, 1.54) is 5.57 Å². The van der Waals surface area contributed by atoms with Crippen molar-refractivity contribution in [2.45, 2.75) is 91.5 Å². The molecule has 0 aromatic heterocycles. The number of carbonyl (C=O) groups excluding carboxylic acids is 3. The minimum Gasteiger partial charge on any atom is -0.462 e. The second kappa shape index (κ2) is 12.5. The molecule has 7 atom stereocenters. The number of likely N-dealkylation sites (N-methyl/N-ethyl adjacent to an activating group) is 1. The second-order valence-electron chi connectivity index (χ2n) is 12.0. The second-order valence-corrected chi connectivity index (χ2v) is 12.0. The number of aliphatic hydroxyl groups is 1. The largest absolute Gasteiger partial charge is 0.462 e. The summed E-state index contributed by atoms with van der Waals surface area (Å²) in [5.41, 5.74) is 0.785. The van der Waals surface area contributed by atoms with E-state index in [0.29, 0.717) is 30.7 Å². The topological polar surface area (TPSA) is 129 Å². The average molecular weight is 532 g/mol. The number of esters is 2. The molecular weight excluding hydrogens is 486 g/mol. The SMILES string of the molecule is CCC(C)(C)C(=O)O[C@H]1C[C@@H](C)C=C2C=C[C@H](C)[C@H](CC[C@@H]3C[C@@H](O)CC(=O)O3)[C@H]21.CN1CC(=O)NC1=N. The molecule has 4 aliphatic rings. The van der Waals surface area contributed by atoms with Crippen molar-refractivity contribution >= 4 is 23.8 Å². The summed E-state index contributed by atoms with van der Waals surface area (Å²) in [6, 6.07) is 0. The third-order valence-corrected chi connectivity index (χ3v) is 8.37. The Kier molecular flexibility index (Phi) is 9.79. The van der Waals surface area contributed by atoms with Gasteiger partial charge in [-0.15, -0.1) is 0 Å². The van der Waals surface area contributed by atoms with Gasteiger partial charge in [-0.3, -0.25) is 25.1 Å². The Morgan fingerprint density at radius 1 is 1.26 bits per heavy atom. The lowest BCUT2D eigenvalue weighted by molar-refractivity contribution is -0.166. The number of hydrogen-bond donors (Lipinski definition) is 3. The van der Waals surface area contributed by atoms with E-state index in [1.54, 1.807) is 11.9 Å². The van der Waals surface area contributed by atoms with E-state index in [0.717, 1.165) is 25.7 Å². The lowest BCUT2D eigenvalue weighted by atomic mass is 9.65. The zero-order valence-corrected chi connectivity index (χ0v) is 23.7. The molecule has 1 amide bonds. The zero-order valence-electron chi connectivity index (χ0n) is 23.7. The van der Waals surface area contributed by atoms with Crippen LogP contribution in [0.5, 0.6) is 0 Å². The van der Waals surface area contributed by atoms with Gasteiger partial charge in [0.1, 0.15) is 12.2 Å². The summed E-state index contributed by atoms with van der Waals surface area (Å²) >= 11 is 0. The minimum absolute atomic E-state index is 0.0949. The van der Waals surface area contributed by atoms with Gasteiger partial charge in [0.25, 0.3) is 0 Å². The maximum absolute atomic E-state index is 12.9. The van der Waals surface area contributed by atoms with Crippen molar-refractivity contribution in [1.29, 1.82) is 5.41 Å². The first kappa shape index (κ1) is 29.9. The number of cyclic esters (lactones) is 1. The van der Waals surface area contributed by atoms with Crippen molar-refractivity contribution in [3.63, 3.8) is 0 Å². The quantitative estimate of drug-likeness (QED) is 0.447. The third kappa shape index (κ3) is 7.46. The van der Waals surface area contributed by atoms with E-state index >= 15 is 0 Å². The molecule has 212 valence electrons. The fourth-order valence-electron chi connectivity index (χ4n) is 5.64. The Morgan fingerprint density at radius 3 is 2.53 bits per heavy atom. The molecular formula is C29H45N3O6. The van der Waals surface area contributed by atoms with E-state index < -0.39 is 11.5 Å². The molecule has 0 radical (unpaired) electrons. The Morgan fingerprint density at radius 2 is 1.97 bits per heavy atom. The number of aliphatic hydroxyl groups excluding tert-OH is 1. The number of nitrogens with zero attached hydrogens (tertiary/aromatic N) is 1. The van der Waals surface area contributed by atoms with Crippen LogP contribution in [0.1, 0.15) is 73.1 Å². The lowest BCUT2D eigenvalue weighted by Gasteiger charge is -2.44. The average Bonchev–Trinajstić information content (AvgIpc) is 3.12. The molecule has 2 aliphatic carbocycles. The Bertz CT molecular complexity index is 973. The highest BCUT2D eigenvalue weighted by Gasteiger charge is 2.43. The van der Waals surface area contributed by atoms with Crippen LogP contribution in [-0.4, -0.2) is 65.7 Å². The molecule has 3 N–H and O–H groups in total. The van der Waals surface area contributed by atoms with E-state index in [1.807, 2.05) is 20.8 Å². The molecule has 2 fully saturated rings. The number of guanidine groups is 1. The van der Waals surface area contributed by atoms with Crippen molar-refractivity contribution in [3.05, 3.63) is 23.8 Å². The molecule has 0 aromatic carbocycles. The fraction of sp³-hybridized carbons (Fsp3) is 0.724. The molecule has 38 heavy (non-hydrogen) atoms. The zero-order chi connectivity index (χ0) is 28.2. The Hall–Kier alpha value is -2.68. The molecule has 9 nitrogen and oxygen atoms in total. The highest BCUT2D eigenvalue weighted by molar-refractivity contribution is 6.02. The number of rotatable bonds is 6. The number of carbonyl (C=O) groups is 3. The number of amides is 1. The highest BCUT2D eigenvalue weighted by atomic mass is 16.6. The first-order chi connectivity index (χ1) is 17.8.